The van der Waals surface area contributed by atoms with E-state index in [-0.39, 0.29) is 5.92 Å². The lowest BCUT2D eigenvalue weighted by Crippen LogP contribution is -2.36. The van der Waals surface area contributed by atoms with Crippen molar-refractivity contribution in [1.82, 2.24) is 4.90 Å². The first-order valence-corrected chi connectivity index (χ1v) is 5.52. The number of carboxylic acid groups (broad SMARTS) is 1. The van der Waals surface area contributed by atoms with Crippen LogP contribution in [0.2, 0.25) is 0 Å². The maximum atomic E-state index is 10.5. The van der Waals surface area contributed by atoms with Crippen LogP contribution in [0, 0.1) is 11.8 Å². The Labute approximate surface area is 86.1 Å². The molecular weight excluding hydrogens is 178 g/mol. The SMILES string of the molecule is CC1CCN(CC(C)CC(=O)O)CC1. The second-order valence-electron chi connectivity index (χ2n) is 4.69. The molecule has 1 fully saturated rings. The highest BCUT2D eigenvalue weighted by Gasteiger charge is 2.18. The molecule has 1 aliphatic rings. The molecule has 0 radical (unpaired) electrons. The smallest absolute Gasteiger partial charge is 0.303 e. The van der Waals surface area contributed by atoms with Crippen molar-refractivity contribution in [3.63, 3.8) is 0 Å². The molecule has 0 saturated carbocycles. The number of carboxylic acids is 1. The van der Waals surface area contributed by atoms with Crippen LogP contribution in [0.4, 0.5) is 0 Å². The van der Waals surface area contributed by atoms with Crippen LogP contribution in [0.25, 0.3) is 0 Å². The molecule has 0 amide bonds. The monoisotopic (exact) mass is 199 g/mol. The fourth-order valence-corrected chi connectivity index (χ4v) is 2.05. The van der Waals surface area contributed by atoms with Crippen LogP contribution >= 0.6 is 0 Å². The van der Waals surface area contributed by atoms with Gasteiger partial charge in [-0.25, -0.2) is 0 Å². The average Bonchev–Trinajstić information content (AvgIpc) is 2.07. The summed E-state index contributed by atoms with van der Waals surface area (Å²) >= 11 is 0. The minimum atomic E-state index is -0.678. The predicted molar refractivity (Wildman–Crippen MR) is 56.3 cm³/mol. The Bertz CT molecular complexity index is 186. The maximum absolute atomic E-state index is 10.5. The number of hydrogen-bond donors (Lipinski definition) is 1. The molecule has 1 saturated heterocycles. The number of nitrogens with zero attached hydrogens (tertiary/aromatic N) is 1. The number of likely N-dealkylation sites (tertiary alicyclic amines) is 1. The van der Waals surface area contributed by atoms with Gasteiger partial charge in [0.05, 0.1) is 0 Å². The van der Waals surface area contributed by atoms with Gasteiger partial charge >= 0.3 is 5.97 Å². The summed E-state index contributed by atoms with van der Waals surface area (Å²) in [5, 5.41) is 8.64. The van der Waals surface area contributed by atoms with Crippen molar-refractivity contribution in [2.75, 3.05) is 19.6 Å². The Kier molecular flexibility index (Phi) is 4.39. The van der Waals surface area contributed by atoms with E-state index in [0.717, 1.165) is 25.6 Å². The fourth-order valence-electron chi connectivity index (χ4n) is 2.05. The van der Waals surface area contributed by atoms with E-state index < -0.39 is 5.97 Å². The summed E-state index contributed by atoms with van der Waals surface area (Å²) in [6.45, 7) is 7.54. The average molecular weight is 199 g/mol. The van der Waals surface area contributed by atoms with E-state index in [1.807, 2.05) is 6.92 Å². The lowest BCUT2D eigenvalue weighted by molar-refractivity contribution is -0.138. The van der Waals surface area contributed by atoms with Crippen LogP contribution < -0.4 is 0 Å². The van der Waals surface area contributed by atoms with E-state index in [2.05, 4.69) is 11.8 Å². The first-order valence-electron chi connectivity index (χ1n) is 5.52. The Balaban J connectivity index is 2.20. The highest BCUT2D eigenvalue weighted by atomic mass is 16.4. The van der Waals surface area contributed by atoms with E-state index in [1.165, 1.54) is 12.8 Å². The second-order valence-corrected chi connectivity index (χ2v) is 4.69. The minimum Gasteiger partial charge on any atom is -0.481 e. The highest BCUT2D eigenvalue weighted by Crippen LogP contribution is 2.17. The van der Waals surface area contributed by atoms with Gasteiger partial charge in [0.2, 0.25) is 0 Å². The molecule has 1 unspecified atom stereocenters. The molecule has 82 valence electrons. The number of carbonyl (C=O) groups is 1. The van der Waals surface area contributed by atoms with Gasteiger partial charge in [-0.1, -0.05) is 13.8 Å². The zero-order chi connectivity index (χ0) is 10.6. The lowest BCUT2D eigenvalue weighted by atomic mass is 9.98. The van der Waals surface area contributed by atoms with Crippen molar-refractivity contribution < 1.29 is 9.90 Å². The molecule has 1 heterocycles. The van der Waals surface area contributed by atoms with Crippen molar-refractivity contribution in [3.8, 4) is 0 Å². The van der Waals surface area contributed by atoms with Gasteiger partial charge in [-0.05, 0) is 37.8 Å². The minimum absolute atomic E-state index is 0.279. The summed E-state index contributed by atoms with van der Waals surface area (Å²) in [5.74, 6) is 0.449. The van der Waals surface area contributed by atoms with Gasteiger partial charge in [0.15, 0.2) is 0 Å². The van der Waals surface area contributed by atoms with Crippen molar-refractivity contribution in [1.29, 1.82) is 0 Å². The van der Waals surface area contributed by atoms with E-state index in [0.29, 0.717) is 6.42 Å². The summed E-state index contributed by atoms with van der Waals surface area (Å²) < 4.78 is 0. The molecule has 14 heavy (non-hydrogen) atoms. The second kappa shape index (κ2) is 5.35. The van der Waals surface area contributed by atoms with Crippen molar-refractivity contribution in [3.05, 3.63) is 0 Å². The van der Waals surface area contributed by atoms with E-state index in [4.69, 9.17) is 5.11 Å². The molecule has 3 heteroatoms. The molecule has 1 atom stereocenters. The van der Waals surface area contributed by atoms with Gasteiger partial charge in [-0.15, -0.1) is 0 Å². The number of aliphatic carboxylic acids is 1. The third-order valence-electron chi connectivity index (χ3n) is 2.97. The number of hydrogen-bond acceptors (Lipinski definition) is 2. The Morgan fingerprint density at radius 1 is 1.50 bits per heavy atom. The number of rotatable bonds is 4. The van der Waals surface area contributed by atoms with Crippen LogP contribution in [0.1, 0.15) is 33.1 Å². The molecule has 0 aromatic rings. The zero-order valence-corrected chi connectivity index (χ0v) is 9.20. The van der Waals surface area contributed by atoms with Crippen LogP contribution in [-0.2, 0) is 4.79 Å². The molecule has 0 aromatic heterocycles. The molecular formula is C11H21NO2. The lowest BCUT2D eigenvalue weighted by Gasteiger charge is -2.31. The van der Waals surface area contributed by atoms with Gasteiger partial charge < -0.3 is 10.0 Å². The van der Waals surface area contributed by atoms with Gasteiger partial charge in [0.25, 0.3) is 0 Å². The van der Waals surface area contributed by atoms with Gasteiger partial charge in [-0.3, -0.25) is 4.79 Å². The fraction of sp³-hybridized carbons (Fsp3) is 0.909. The Hall–Kier alpha value is -0.570. The Morgan fingerprint density at radius 2 is 2.07 bits per heavy atom. The summed E-state index contributed by atoms with van der Waals surface area (Å²) in [7, 11) is 0. The van der Waals surface area contributed by atoms with Crippen molar-refractivity contribution >= 4 is 5.97 Å². The number of piperidine rings is 1. The molecule has 0 aromatic carbocycles. The van der Waals surface area contributed by atoms with E-state index in [9.17, 15) is 4.79 Å². The predicted octanol–water partition coefficient (Wildman–Crippen LogP) is 1.83. The van der Waals surface area contributed by atoms with Gasteiger partial charge in [0.1, 0.15) is 0 Å². The summed E-state index contributed by atoms with van der Waals surface area (Å²) in [4.78, 5) is 12.9. The van der Waals surface area contributed by atoms with Gasteiger partial charge in [-0.2, -0.15) is 0 Å². The molecule has 1 N–H and O–H groups in total. The molecule has 3 nitrogen and oxygen atoms in total. The molecule has 1 aliphatic heterocycles. The third kappa shape index (κ3) is 4.09. The quantitative estimate of drug-likeness (QED) is 0.751. The van der Waals surface area contributed by atoms with Gasteiger partial charge in [0, 0.05) is 13.0 Å². The van der Waals surface area contributed by atoms with E-state index >= 15 is 0 Å². The largest absolute Gasteiger partial charge is 0.481 e. The van der Waals surface area contributed by atoms with Crippen LogP contribution in [0.15, 0.2) is 0 Å². The highest BCUT2D eigenvalue weighted by molar-refractivity contribution is 5.66. The standard InChI is InChI=1S/C11H21NO2/c1-9-3-5-12(6-4-9)8-10(2)7-11(13)14/h9-10H,3-8H2,1-2H3,(H,13,14). The normalized spacial score (nSPS) is 22.1. The van der Waals surface area contributed by atoms with Crippen molar-refractivity contribution in [2.24, 2.45) is 11.8 Å². The Morgan fingerprint density at radius 3 is 2.57 bits per heavy atom. The maximum Gasteiger partial charge on any atom is 0.303 e. The topological polar surface area (TPSA) is 40.5 Å². The van der Waals surface area contributed by atoms with Crippen LogP contribution in [0.5, 0.6) is 0 Å². The van der Waals surface area contributed by atoms with Crippen LogP contribution in [0.3, 0.4) is 0 Å². The molecule has 0 aliphatic carbocycles. The first kappa shape index (κ1) is 11.5. The summed E-state index contributed by atoms with van der Waals surface area (Å²) in [6.07, 6.45) is 2.83. The van der Waals surface area contributed by atoms with Crippen molar-refractivity contribution in [2.45, 2.75) is 33.1 Å². The van der Waals surface area contributed by atoms with Crippen LogP contribution in [-0.4, -0.2) is 35.6 Å². The zero-order valence-electron chi connectivity index (χ0n) is 9.20. The third-order valence-corrected chi connectivity index (χ3v) is 2.97. The summed E-state index contributed by atoms with van der Waals surface area (Å²) in [5.41, 5.74) is 0. The summed E-state index contributed by atoms with van der Waals surface area (Å²) in [6, 6.07) is 0. The molecule has 0 bridgehead atoms. The molecule has 1 rings (SSSR count). The molecule has 0 spiro atoms. The first-order chi connectivity index (χ1) is 6.58. The van der Waals surface area contributed by atoms with E-state index in [1.54, 1.807) is 0 Å².